The molecule has 0 spiro atoms. The standard InChI is InChI=1S/C14H26N6O/c1-10(2)19(11(3)4)6-5-16-14(21)13-9-20(18-17-13)12-7-15-8-12/h9-12,15H,5-8H2,1-4H3,(H,16,21). The molecule has 1 fully saturated rings. The molecular weight excluding hydrogens is 268 g/mol. The lowest BCUT2D eigenvalue weighted by Crippen LogP contribution is -2.43. The van der Waals surface area contributed by atoms with Crippen LogP contribution in [0, 0.1) is 0 Å². The summed E-state index contributed by atoms with van der Waals surface area (Å²) >= 11 is 0. The van der Waals surface area contributed by atoms with Crippen molar-refractivity contribution in [3.63, 3.8) is 0 Å². The van der Waals surface area contributed by atoms with Gasteiger partial charge in [0.1, 0.15) is 0 Å². The van der Waals surface area contributed by atoms with E-state index in [0.29, 0.717) is 30.4 Å². The smallest absolute Gasteiger partial charge is 0.273 e. The van der Waals surface area contributed by atoms with Crippen molar-refractivity contribution >= 4 is 5.91 Å². The van der Waals surface area contributed by atoms with Crippen molar-refractivity contribution < 1.29 is 4.79 Å². The number of rotatable bonds is 7. The zero-order chi connectivity index (χ0) is 15.4. The Labute approximate surface area is 126 Å². The van der Waals surface area contributed by atoms with Gasteiger partial charge in [-0.1, -0.05) is 5.21 Å². The lowest BCUT2D eigenvalue weighted by Gasteiger charge is -2.30. The molecule has 0 unspecified atom stereocenters. The number of hydrogen-bond donors (Lipinski definition) is 2. The average Bonchev–Trinajstić information content (AvgIpc) is 2.80. The van der Waals surface area contributed by atoms with Crippen LogP contribution >= 0.6 is 0 Å². The van der Waals surface area contributed by atoms with Gasteiger partial charge >= 0.3 is 0 Å². The maximum Gasteiger partial charge on any atom is 0.273 e. The summed E-state index contributed by atoms with van der Waals surface area (Å²) < 4.78 is 1.76. The maximum absolute atomic E-state index is 12.0. The highest BCUT2D eigenvalue weighted by Gasteiger charge is 2.21. The number of nitrogens with one attached hydrogen (secondary N) is 2. The average molecular weight is 294 g/mol. The van der Waals surface area contributed by atoms with E-state index in [1.165, 1.54) is 0 Å². The van der Waals surface area contributed by atoms with E-state index < -0.39 is 0 Å². The molecule has 118 valence electrons. The van der Waals surface area contributed by atoms with Crippen molar-refractivity contribution in [3.05, 3.63) is 11.9 Å². The summed E-state index contributed by atoms with van der Waals surface area (Å²) in [4.78, 5) is 14.4. The first-order valence-corrected chi connectivity index (χ1v) is 7.65. The quantitative estimate of drug-likeness (QED) is 0.755. The second kappa shape index (κ2) is 7.00. The number of carbonyl (C=O) groups excluding carboxylic acids is 1. The van der Waals surface area contributed by atoms with Crippen LogP contribution in [0.4, 0.5) is 0 Å². The van der Waals surface area contributed by atoms with Crippen molar-refractivity contribution in [2.45, 2.75) is 45.8 Å². The SMILES string of the molecule is CC(C)N(CCNC(=O)c1cn(C2CNC2)nn1)C(C)C. The molecule has 0 atom stereocenters. The Hall–Kier alpha value is -1.47. The van der Waals surface area contributed by atoms with E-state index in [4.69, 9.17) is 0 Å². The Morgan fingerprint density at radius 2 is 2.10 bits per heavy atom. The highest BCUT2D eigenvalue weighted by atomic mass is 16.2. The largest absolute Gasteiger partial charge is 0.349 e. The van der Waals surface area contributed by atoms with Crippen molar-refractivity contribution in [1.82, 2.24) is 30.5 Å². The topological polar surface area (TPSA) is 75.1 Å². The Bertz CT molecular complexity index is 458. The molecule has 0 bridgehead atoms. The van der Waals surface area contributed by atoms with E-state index in [2.05, 4.69) is 53.5 Å². The Morgan fingerprint density at radius 3 is 2.62 bits per heavy atom. The Kier molecular flexibility index (Phi) is 5.30. The summed E-state index contributed by atoms with van der Waals surface area (Å²) in [6, 6.07) is 1.26. The van der Waals surface area contributed by atoms with Gasteiger partial charge in [-0.3, -0.25) is 9.69 Å². The molecule has 1 aromatic heterocycles. The normalized spacial score (nSPS) is 15.8. The van der Waals surface area contributed by atoms with E-state index in [1.54, 1.807) is 10.9 Å². The molecule has 1 aliphatic heterocycles. The van der Waals surface area contributed by atoms with E-state index in [9.17, 15) is 4.79 Å². The summed E-state index contributed by atoms with van der Waals surface area (Å²) in [7, 11) is 0. The second-order valence-electron chi connectivity index (χ2n) is 6.08. The number of nitrogens with zero attached hydrogens (tertiary/aromatic N) is 4. The minimum atomic E-state index is -0.152. The van der Waals surface area contributed by atoms with Gasteiger partial charge in [-0.15, -0.1) is 5.10 Å². The van der Waals surface area contributed by atoms with Gasteiger partial charge in [0.25, 0.3) is 5.91 Å². The van der Waals surface area contributed by atoms with Crippen LogP contribution < -0.4 is 10.6 Å². The molecular formula is C14H26N6O. The predicted octanol–water partition coefficient (Wildman–Crippen LogP) is 0.271. The van der Waals surface area contributed by atoms with Crippen LogP contribution in [0.1, 0.15) is 44.2 Å². The van der Waals surface area contributed by atoms with Gasteiger partial charge in [-0.05, 0) is 27.7 Å². The number of aromatic nitrogens is 3. The summed E-state index contributed by atoms with van der Waals surface area (Å²) in [6.07, 6.45) is 1.73. The van der Waals surface area contributed by atoms with Crippen molar-refractivity contribution in [2.24, 2.45) is 0 Å². The summed E-state index contributed by atoms with van der Waals surface area (Å²) in [5, 5.41) is 14.0. The first-order valence-electron chi connectivity index (χ1n) is 7.65. The molecule has 1 amide bonds. The molecule has 1 aromatic rings. The van der Waals surface area contributed by atoms with E-state index >= 15 is 0 Å². The lowest BCUT2D eigenvalue weighted by molar-refractivity contribution is 0.0934. The minimum Gasteiger partial charge on any atom is -0.349 e. The molecule has 0 saturated carbocycles. The van der Waals surface area contributed by atoms with Gasteiger partial charge in [0.2, 0.25) is 0 Å². The third-order valence-electron chi connectivity index (χ3n) is 3.86. The second-order valence-corrected chi connectivity index (χ2v) is 6.08. The molecule has 0 radical (unpaired) electrons. The molecule has 7 nitrogen and oxygen atoms in total. The highest BCUT2D eigenvalue weighted by Crippen LogP contribution is 2.09. The molecule has 7 heteroatoms. The molecule has 1 saturated heterocycles. The van der Waals surface area contributed by atoms with E-state index in [0.717, 1.165) is 19.6 Å². The van der Waals surface area contributed by atoms with Crippen LogP contribution in [0.5, 0.6) is 0 Å². The number of amides is 1. The van der Waals surface area contributed by atoms with E-state index in [1.807, 2.05) is 0 Å². The van der Waals surface area contributed by atoms with Crippen LogP contribution in [0.3, 0.4) is 0 Å². The lowest BCUT2D eigenvalue weighted by atomic mass is 10.2. The van der Waals surface area contributed by atoms with Crippen molar-refractivity contribution in [2.75, 3.05) is 26.2 Å². The fourth-order valence-corrected chi connectivity index (χ4v) is 2.52. The third kappa shape index (κ3) is 4.01. The first kappa shape index (κ1) is 15.9. The van der Waals surface area contributed by atoms with Gasteiger partial charge in [-0.25, -0.2) is 4.68 Å². The maximum atomic E-state index is 12.0. The molecule has 2 rings (SSSR count). The summed E-state index contributed by atoms with van der Waals surface area (Å²) in [5.41, 5.74) is 0.391. The molecule has 21 heavy (non-hydrogen) atoms. The fraction of sp³-hybridized carbons (Fsp3) is 0.786. The van der Waals surface area contributed by atoms with Crippen molar-refractivity contribution in [3.8, 4) is 0 Å². The van der Waals surface area contributed by atoms with Crippen LogP contribution in [0.25, 0.3) is 0 Å². The fourth-order valence-electron chi connectivity index (χ4n) is 2.52. The Morgan fingerprint density at radius 1 is 1.43 bits per heavy atom. The minimum absolute atomic E-state index is 0.152. The molecule has 0 aromatic carbocycles. The zero-order valence-electron chi connectivity index (χ0n) is 13.3. The van der Waals surface area contributed by atoms with E-state index in [-0.39, 0.29) is 5.91 Å². The van der Waals surface area contributed by atoms with Gasteiger partial charge in [0.15, 0.2) is 5.69 Å². The summed E-state index contributed by atoms with van der Waals surface area (Å²) in [6.45, 7) is 11.9. The van der Waals surface area contributed by atoms with Crippen LogP contribution in [-0.4, -0.2) is 64.1 Å². The van der Waals surface area contributed by atoms with Crippen LogP contribution in [-0.2, 0) is 0 Å². The van der Waals surface area contributed by atoms with Gasteiger partial charge in [0.05, 0.1) is 12.2 Å². The molecule has 2 heterocycles. The van der Waals surface area contributed by atoms with Crippen LogP contribution in [0.15, 0.2) is 6.20 Å². The third-order valence-corrected chi connectivity index (χ3v) is 3.86. The number of carbonyl (C=O) groups is 1. The van der Waals surface area contributed by atoms with Crippen molar-refractivity contribution in [1.29, 1.82) is 0 Å². The Balaban J connectivity index is 1.80. The van der Waals surface area contributed by atoms with Gasteiger partial charge in [-0.2, -0.15) is 0 Å². The predicted molar refractivity (Wildman–Crippen MR) is 81.2 cm³/mol. The highest BCUT2D eigenvalue weighted by molar-refractivity contribution is 5.91. The van der Waals surface area contributed by atoms with Gasteiger partial charge in [0, 0.05) is 38.3 Å². The monoisotopic (exact) mass is 294 g/mol. The van der Waals surface area contributed by atoms with Crippen LogP contribution in [0.2, 0.25) is 0 Å². The molecule has 2 N–H and O–H groups in total. The molecule has 0 aliphatic carbocycles. The van der Waals surface area contributed by atoms with Gasteiger partial charge < -0.3 is 10.6 Å². The summed E-state index contributed by atoms with van der Waals surface area (Å²) in [5.74, 6) is -0.152. The number of hydrogen-bond acceptors (Lipinski definition) is 5. The molecule has 1 aliphatic rings. The first-order chi connectivity index (χ1) is 9.99. The zero-order valence-corrected chi connectivity index (χ0v) is 13.3.